The van der Waals surface area contributed by atoms with E-state index >= 15 is 0 Å². The molecule has 2 amide bonds. The van der Waals surface area contributed by atoms with Crippen molar-refractivity contribution in [3.8, 4) is 0 Å². The van der Waals surface area contributed by atoms with Crippen molar-refractivity contribution in [2.75, 3.05) is 17.7 Å². The molecule has 0 spiro atoms. The molecule has 5 nitrogen and oxygen atoms in total. The zero-order chi connectivity index (χ0) is 14.5. The Morgan fingerprint density at radius 3 is 2.50 bits per heavy atom. The van der Waals surface area contributed by atoms with E-state index in [-0.39, 0.29) is 12.1 Å². The molecule has 1 aromatic carbocycles. The van der Waals surface area contributed by atoms with E-state index in [1.54, 1.807) is 6.20 Å². The lowest BCUT2D eigenvalue weighted by Crippen LogP contribution is -2.19. The second kappa shape index (κ2) is 6.49. The van der Waals surface area contributed by atoms with Crippen LogP contribution in [0, 0.1) is 6.92 Å². The highest BCUT2D eigenvalue weighted by Crippen LogP contribution is 2.18. The number of aromatic nitrogens is 1. The Morgan fingerprint density at radius 1 is 1.25 bits per heavy atom. The second-order valence-corrected chi connectivity index (χ2v) is 5.72. The third-order valence-electron chi connectivity index (χ3n) is 2.94. The van der Waals surface area contributed by atoms with Crippen LogP contribution in [0.15, 0.2) is 30.5 Å². The number of aryl methyl sites for hydroxylation is 1. The largest absolute Gasteiger partial charge is 0.325 e. The topological polar surface area (TPSA) is 66.0 Å². The third kappa shape index (κ3) is 3.79. The average Bonchev–Trinajstić information content (AvgIpc) is 2.84. The molecule has 2 rings (SSSR count). The first-order valence-corrected chi connectivity index (χ1v) is 7.18. The lowest BCUT2D eigenvalue weighted by Gasteiger charge is -2.11. The molecule has 0 saturated heterocycles. The first kappa shape index (κ1) is 14.5. The minimum absolute atomic E-state index is 0.284. The van der Waals surface area contributed by atoms with E-state index < -0.39 is 0 Å². The summed E-state index contributed by atoms with van der Waals surface area (Å²) < 4.78 is 0. The van der Waals surface area contributed by atoms with Gasteiger partial charge >= 0.3 is 6.03 Å². The van der Waals surface area contributed by atoms with Gasteiger partial charge in [0.25, 0.3) is 0 Å². The van der Waals surface area contributed by atoms with Gasteiger partial charge in [-0.3, -0.25) is 5.32 Å². The van der Waals surface area contributed by atoms with Crippen LogP contribution < -0.4 is 16.0 Å². The number of hydrogen-bond donors (Lipinski definition) is 3. The lowest BCUT2D eigenvalue weighted by atomic mass is 10.1. The van der Waals surface area contributed by atoms with Gasteiger partial charge in [0.2, 0.25) is 0 Å². The molecule has 0 bridgehead atoms. The third-order valence-corrected chi connectivity index (χ3v) is 3.77. The van der Waals surface area contributed by atoms with E-state index in [0.717, 1.165) is 10.6 Å². The molecule has 1 heterocycles. The quantitative estimate of drug-likeness (QED) is 0.808. The maximum atomic E-state index is 11.8. The van der Waals surface area contributed by atoms with E-state index in [4.69, 9.17) is 0 Å². The Bertz CT molecular complexity index is 579. The number of carbonyl (C=O) groups is 1. The van der Waals surface area contributed by atoms with Crippen molar-refractivity contribution in [3.63, 3.8) is 0 Å². The van der Waals surface area contributed by atoms with Crippen molar-refractivity contribution in [1.29, 1.82) is 0 Å². The molecule has 3 N–H and O–H groups in total. The van der Waals surface area contributed by atoms with Crippen LogP contribution in [0.4, 0.5) is 15.6 Å². The van der Waals surface area contributed by atoms with Crippen LogP contribution in [0.2, 0.25) is 0 Å². The average molecular weight is 290 g/mol. The van der Waals surface area contributed by atoms with E-state index in [2.05, 4.69) is 27.9 Å². The molecule has 0 fully saturated rings. The van der Waals surface area contributed by atoms with E-state index in [9.17, 15) is 4.79 Å². The normalized spacial score (nSPS) is 11.9. The highest BCUT2D eigenvalue weighted by atomic mass is 32.1. The Hall–Kier alpha value is -1.92. The summed E-state index contributed by atoms with van der Waals surface area (Å²) >= 11 is 1.44. The number of rotatable bonds is 4. The predicted octanol–water partition coefficient (Wildman–Crippen LogP) is 3.38. The van der Waals surface area contributed by atoms with Gasteiger partial charge in [-0.2, -0.15) is 0 Å². The van der Waals surface area contributed by atoms with Gasteiger partial charge in [0, 0.05) is 22.8 Å². The van der Waals surface area contributed by atoms with Gasteiger partial charge < -0.3 is 10.6 Å². The Morgan fingerprint density at radius 2 is 1.95 bits per heavy atom. The number of hydrogen-bond acceptors (Lipinski definition) is 4. The number of amides is 2. The SMILES string of the molecule is CNC(C)c1ccc(NC(=O)Nc2ncc(C)s2)cc1. The number of thiazole rings is 1. The van der Waals surface area contributed by atoms with Crippen LogP contribution in [0.1, 0.15) is 23.4 Å². The molecule has 1 unspecified atom stereocenters. The van der Waals surface area contributed by atoms with E-state index in [0.29, 0.717) is 5.13 Å². The molecule has 2 aromatic rings. The summed E-state index contributed by atoms with van der Waals surface area (Å²) in [6.45, 7) is 4.03. The highest BCUT2D eigenvalue weighted by Gasteiger charge is 2.06. The summed E-state index contributed by atoms with van der Waals surface area (Å²) in [4.78, 5) is 16.9. The summed E-state index contributed by atoms with van der Waals surface area (Å²) in [5.41, 5.74) is 1.93. The van der Waals surface area contributed by atoms with Gasteiger partial charge in [0.1, 0.15) is 0 Å². The van der Waals surface area contributed by atoms with Crippen LogP contribution in [-0.4, -0.2) is 18.1 Å². The molecule has 0 aliphatic heterocycles. The smallest absolute Gasteiger partial charge is 0.313 e. The fourth-order valence-electron chi connectivity index (χ4n) is 1.69. The zero-order valence-corrected chi connectivity index (χ0v) is 12.5. The van der Waals surface area contributed by atoms with Gasteiger partial charge in [-0.25, -0.2) is 9.78 Å². The Labute approximate surface area is 122 Å². The van der Waals surface area contributed by atoms with E-state index in [1.165, 1.54) is 16.9 Å². The number of benzene rings is 1. The Kier molecular flexibility index (Phi) is 4.70. The molecule has 0 aliphatic rings. The fraction of sp³-hybridized carbons (Fsp3) is 0.286. The van der Waals surface area contributed by atoms with Crippen LogP contribution in [-0.2, 0) is 0 Å². The number of nitrogens with one attached hydrogen (secondary N) is 3. The Balaban J connectivity index is 1.94. The van der Waals surface area contributed by atoms with Gasteiger partial charge in [0.05, 0.1) is 0 Å². The summed E-state index contributed by atoms with van der Waals surface area (Å²) in [6, 6.07) is 7.75. The molecule has 1 aromatic heterocycles. The second-order valence-electron chi connectivity index (χ2n) is 4.49. The summed E-state index contributed by atoms with van der Waals surface area (Å²) in [5.74, 6) is 0. The molecule has 1 atom stereocenters. The monoisotopic (exact) mass is 290 g/mol. The van der Waals surface area contributed by atoms with Gasteiger partial charge in [-0.05, 0) is 38.6 Å². The molecular formula is C14H18N4OS. The van der Waals surface area contributed by atoms with Crippen LogP contribution in [0.25, 0.3) is 0 Å². The van der Waals surface area contributed by atoms with Crippen molar-refractivity contribution < 1.29 is 4.79 Å². The number of urea groups is 1. The molecular weight excluding hydrogens is 272 g/mol. The summed E-state index contributed by atoms with van der Waals surface area (Å²) in [6.07, 6.45) is 1.73. The number of nitrogens with zero attached hydrogens (tertiary/aromatic N) is 1. The maximum Gasteiger partial charge on any atom is 0.325 e. The van der Waals surface area contributed by atoms with Crippen molar-refractivity contribution in [1.82, 2.24) is 10.3 Å². The van der Waals surface area contributed by atoms with Crippen molar-refractivity contribution in [2.24, 2.45) is 0 Å². The van der Waals surface area contributed by atoms with Crippen LogP contribution in [0.5, 0.6) is 0 Å². The minimum Gasteiger partial charge on any atom is -0.313 e. The van der Waals surface area contributed by atoms with Crippen LogP contribution >= 0.6 is 11.3 Å². The lowest BCUT2D eigenvalue weighted by molar-refractivity contribution is 0.262. The predicted molar refractivity (Wildman–Crippen MR) is 83.4 cm³/mol. The van der Waals surface area contributed by atoms with E-state index in [1.807, 2.05) is 38.2 Å². The molecule has 0 radical (unpaired) electrons. The molecule has 20 heavy (non-hydrogen) atoms. The van der Waals surface area contributed by atoms with Gasteiger partial charge in [-0.1, -0.05) is 12.1 Å². The summed E-state index contributed by atoms with van der Waals surface area (Å²) in [7, 11) is 1.92. The highest BCUT2D eigenvalue weighted by molar-refractivity contribution is 7.15. The molecule has 6 heteroatoms. The van der Waals surface area contributed by atoms with Crippen molar-refractivity contribution in [2.45, 2.75) is 19.9 Å². The molecule has 0 saturated carbocycles. The maximum absolute atomic E-state index is 11.8. The molecule has 106 valence electrons. The van der Waals surface area contributed by atoms with Crippen molar-refractivity contribution in [3.05, 3.63) is 40.9 Å². The zero-order valence-electron chi connectivity index (χ0n) is 11.7. The molecule has 0 aliphatic carbocycles. The summed E-state index contributed by atoms with van der Waals surface area (Å²) in [5, 5.41) is 9.25. The van der Waals surface area contributed by atoms with Crippen LogP contribution in [0.3, 0.4) is 0 Å². The number of carbonyl (C=O) groups excluding carboxylic acids is 1. The van der Waals surface area contributed by atoms with Gasteiger partial charge in [0.15, 0.2) is 5.13 Å². The first-order valence-electron chi connectivity index (χ1n) is 6.36. The van der Waals surface area contributed by atoms with Gasteiger partial charge in [-0.15, -0.1) is 11.3 Å². The first-order chi connectivity index (χ1) is 9.58. The fourth-order valence-corrected chi connectivity index (χ4v) is 2.35. The van der Waals surface area contributed by atoms with Crippen molar-refractivity contribution >= 4 is 28.2 Å². The standard InChI is InChI=1S/C14H18N4OS/c1-9-8-16-14(20-9)18-13(19)17-12-6-4-11(5-7-12)10(2)15-3/h4-8,10,15H,1-3H3,(H2,16,17,18,19). The minimum atomic E-state index is -0.284. The number of anilines is 2.